The highest BCUT2D eigenvalue weighted by molar-refractivity contribution is 5.49. The summed E-state index contributed by atoms with van der Waals surface area (Å²) < 4.78 is 0. The Balaban J connectivity index is 1.63. The maximum Gasteiger partial charge on any atom is 0.0399 e. The molecular weight excluding hydrogens is 258 g/mol. The van der Waals surface area contributed by atoms with Crippen LogP contribution in [0.5, 0.6) is 0 Å². The van der Waals surface area contributed by atoms with E-state index in [4.69, 9.17) is 0 Å². The summed E-state index contributed by atoms with van der Waals surface area (Å²) in [4.78, 5) is 9.18. The number of aryl methyl sites for hydroxylation is 1. The van der Waals surface area contributed by atoms with E-state index in [2.05, 4.69) is 71.2 Å². The third kappa shape index (κ3) is 3.18. The Morgan fingerprint density at radius 1 is 1.10 bits per heavy atom. The second kappa shape index (κ2) is 6.17. The molecule has 3 heteroatoms. The van der Waals surface area contributed by atoms with Crippen LogP contribution in [0, 0.1) is 6.92 Å². The molecule has 0 bridgehead atoms. The van der Waals surface area contributed by atoms with Crippen molar-refractivity contribution < 1.29 is 0 Å². The summed E-state index contributed by atoms with van der Waals surface area (Å²) in [6.07, 6.45) is 4.31. The number of hydrogen-bond donors (Lipinski definition) is 0. The molecule has 0 aliphatic carbocycles. The minimum Gasteiger partial charge on any atom is -0.371 e. The standard InChI is InChI=1S/C18H23N3/c1-15-14-18(8-11-19-15)21-12-9-17(10-13-21)20(2)16-6-4-3-5-7-16/h3-8,11,14,17H,9-10,12-13H2,1-2H3. The van der Waals surface area contributed by atoms with E-state index < -0.39 is 0 Å². The molecule has 0 amide bonds. The molecular formula is C18H23N3. The van der Waals surface area contributed by atoms with Crippen LogP contribution in [0.2, 0.25) is 0 Å². The zero-order valence-electron chi connectivity index (χ0n) is 12.9. The number of piperidine rings is 1. The number of rotatable bonds is 3. The normalized spacial score (nSPS) is 16.0. The predicted molar refractivity (Wildman–Crippen MR) is 89.1 cm³/mol. The Kier molecular flexibility index (Phi) is 4.09. The molecule has 21 heavy (non-hydrogen) atoms. The lowest BCUT2D eigenvalue weighted by Crippen LogP contribution is -2.43. The van der Waals surface area contributed by atoms with Crippen molar-refractivity contribution >= 4 is 11.4 Å². The van der Waals surface area contributed by atoms with Gasteiger partial charge >= 0.3 is 0 Å². The predicted octanol–water partition coefficient (Wildman–Crippen LogP) is 3.50. The maximum absolute atomic E-state index is 4.28. The third-order valence-corrected chi connectivity index (χ3v) is 4.42. The number of pyridine rings is 1. The van der Waals surface area contributed by atoms with Crippen LogP contribution in [0.15, 0.2) is 48.7 Å². The van der Waals surface area contributed by atoms with Gasteiger partial charge in [0, 0.05) is 49.4 Å². The van der Waals surface area contributed by atoms with Crippen LogP contribution in [-0.4, -0.2) is 31.2 Å². The average molecular weight is 281 g/mol. The molecule has 0 radical (unpaired) electrons. The van der Waals surface area contributed by atoms with Crippen LogP contribution in [0.4, 0.5) is 11.4 Å². The minimum absolute atomic E-state index is 0.631. The molecule has 0 N–H and O–H groups in total. The van der Waals surface area contributed by atoms with Crippen LogP contribution in [0.1, 0.15) is 18.5 Å². The van der Waals surface area contributed by atoms with Crippen molar-refractivity contribution in [1.29, 1.82) is 0 Å². The lowest BCUT2D eigenvalue weighted by atomic mass is 10.0. The molecule has 1 aliphatic rings. The Bertz CT molecular complexity index is 574. The van der Waals surface area contributed by atoms with Crippen molar-refractivity contribution in [2.24, 2.45) is 0 Å². The van der Waals surface area contributed by atoms with Crippen molar-refractivity contribution in [3.63, 3.8) is 0 Å². The summed E-state index contributed by atoms with van der Waals surface area (Å²) in [5, 5.41) is 0. The number of aromatic nitrogens is 1. The van der Waals surface area contributed by atoms with E-state index in [9.17, 15) is 0 Å². The van der Waals surface area contributed by atoms with Gasteiger partial charge in [-0.15, -0.1) is 0 Å². The second-order valence-electron chi connectivity index (χ2n) is 5.82. The Morgan fingerprint density at radius 3 is 2.48 bits per heavy atom. The highest BCUT2D eigenvalue weighted by Gasteiger charge is 2.22. The first-order valence-electron chi connectivity index (χ1n) is 7.69. The molecule has 0 saturated carbocycles. The fourth-order valence-electron chi connectivity index (χ4n) is 3.11. The second-order valence-corrected chi connectivity index (χ2v) is 5.82. The van der Waals surface area contributed by atoms with Crippen molar-refractivity contribution in [2.75, 3.05) is 29.9 Å². The van der Waals surface area contributed by atoms with E-state index in [0.29, 0.717) is 6.04 Å². The molecule has 1 aliphatic heterocycles. The first kappa shape index (κ1) is 13.9. The summed E-state index contributed by atoms with van der Waals surface area (Å²) in [6.45, 7) is 4.29. The van der Waals surface area contributed by atoms with Gasteiger partial charge in [0.05, 0.1) is 0 Å². The molecule has 0 atom stereocenters. The van der Waals surface area contributed by atoms with Gasteiger partial charge in [-0.05, 0) is 44.0 Å². The number of para-hydroxylation sites is 1. The Labute approximate surface area is 127 Å². The molecule has 110 valence electrons. The molecule has 3 nitrogen and oxygen atoms in total. The average Bonchev–Trinajstić information content (AvgIpc) is 2.55. The lowest BCUT2D eigenvalue weighted by molar-refractivity contribution is 0.482. The zero-order valence-corrected chi connectivity index (χ0v) is 12.9. The van der Waals surface area contributed by atoms with Gasteiger partial charge in [0.2, 0.25) is 0 Å². The van der Waals surface area contributed by atoms with Crippen LogP contribution >= 0.6 is 0 Å². The first-order chi connectivity index (χ1) is 10.2. The zero-order chi connectivity index (χ0) is 14.7. The van der Waals surface area contributed by atoms with Crippen molar-refractivity contribution in [1.82, 2.24) is 4.98 Å². The molecule has 1 aromatic carbocycles. The number of nitrogens with zero attached hydrogens (tertiary/aromatic N) is 3. The van der Waals surface area contributed by atoms with Crippen LogP contribution in [0.25, 0.3) is 0 Å². The van der Waals surface area contributed by atoms with Gasteiger partial charge in [0.15, 0.2) is 0 Å². The highest BCUT2D eigenvalue weighted by Crippen LogP contribution is 2.25. The SMILES string of the molecule is Cc1cc(N2CCC(N(C)c3ccccc3)CC2)ccn1. The summed E-state index contributed by atoms with van der Waals surface area (Å²) >= 11 is 0. The molecule has 0 spiro atoms. The van der Waals surface area contributed by atoms with Gasteiger partial charge in [-0.3, -0.25) is 4.98 Å². The molecule has 0 unspecified atom stereocenters. The topological polar surface area (TPSA) is 19.4 Å². The monoisotopic (exact) mass is 281 g/mol. The maximum atomic E-state index is 4.28. The number of anilines is 2. The fraction of sp³-hybridized carbons (Fsp3) is 0.389. The van der Waals surface area contributed by atoms with E-state index >= 15 is 0 Å². The van der Waals surface area contributed by atoms with Crippen molar-refractivity contribution in [3.8, 4) is 0 Å². The largest absolute Gasteiger partial charge is 0.371 e. The quantitative estimate of drug-likeness (QED) is 0.858. The van der Waals surface area contributed by atoms with Gasteiger partial charge in [-0.25, -0.2) is 0 Å². The smallest absolute Gasteiger partial charge is 0.0399 e. The van der Waals surface area contributed by atoms with Gasteiger partial charge in [-0.2, -0.15) is 0 Å². The molecule has 3 rings (SSSR count). The molecule has 2 aromatic rings. The third-order valence-electron chi connectivity index (χ3n) is 4.42. The Morgan fingerprint density at radius 2 is 1.81 bits per heavy atom. The van der Waals surface area contributed by atoms with E-state index in [1.165, 1.54) is 24.2 Å². The molecule has 2 heterocycles. The summed E-state index contributed by atoms with van der Waals surface area (Å²) in [7, 11) is 2.21. The number of benzene rings is 1. The van der Waals surface area contributed by atoms with Gasteiger partial charge in [0.25, 0.3) is 0 Å². The molecule has 1 saturated heterocycles. The van der Waals surface area contributed by atoms with Crippen LogP contribution in [-0.2, 0) is 0 Å². The summed E-state index contributed by atoms with van der Waals surface area (Å²) in [5.74, 6) is 0. The number of hydrogen-bond acceptors (Lipinski definition) is 3. The van der Waals surface area contributed by atoms with Crippen LogP contribution in [0.3, 0.4) is 0 Å². The van der Waals surface area contributed by atoms with Gasteiger partial charge in [-0.1, -0.05) is 18.2 Å². The van der Waals surface area contributed by atoms with E-state index in [1.807, 2.05) is 6.20 Å². The van der Waals surface area contributed by atoms with Crippen molar-refractivity contribution in [3.05, 3.63) is 54.4 Å². The highest BCUT2D eigenvalue weighted by atomic mass is 15.2. The van der Waals surface area contributed by atoms with E-state index in [0.717, 1.165) is 18.8 Å². The Hall–Kier alpha value is -2.03. The minimum atomic E-state index is 0.631. The molecule has 1 fully saturated rings. The summed E-state index contributed by atoms with van der Waals surface area (Å²) in [5.41, 5.74) is 3.72. The first-order valence-corrected chi connectivity index (χ1v) is 7.69. The van der Waals surface area contributed by atoms with Crippen molar-refractivity contribution in [2.45, 2.75) is 25.8 Å². The van der Waals surface area contributed by atoms with Crippen LogP contribution < -0.4 is 9.80 Å². The van der Waals surface area contributed by atoms with Gasteiger partial charge in [0.1, 0.15) is 0 Å². The summed E-state index contributed by atoms with van der Waals surface area (Å²) in [6, 6.07) is 15.6. The lowest BCUT2D eigenvalue weighted by Gasteiger charge is -2.38. The van der Waals surface area contributed by atoms with E-state index in [-0.39, 0.29) is 0 Å². The van der Waals surface area contributed by atoms with Gasteiger partial charge < -0.3 is 9.80 Å². The molecule has 1 aromatic heterocycles. The fourth-order valence-corrected chi connectivity index (χ4v) is 3.11. The van der Waals surface area contributed by atoms with E-state index in [1.54, 1.807) is 0 Å².